The third kappa shape index (κ3) is 3.26. The van der Waals surface area contributed by atoms with Crippen LogP contribution in [0, 0.1) is 6.92 Å². The number of carbonyl (C=O) groups excluding carboxylic acids is 2. The van der Waals surface area contributed by atoms with Gasteiger partial charge in [-0.05, 0) is 50.1 Å². The first-order valence-electron chi connectivity index (χ1n) is 9.96. The van der Waals surface area contributed by atoms with Gasteiger partial charge in [0.2, 0.25) is 5.91 Å². The van der Waals surface area contributed by atoms with Crippen LogP contribution in [-0.4, -0.2) is 41.3 Å². The Labute approximate surface area is 173 Å². The van der Waals surface area contributed by atoms with Crippen molar-refractivity contribution in [1.29, 1.82) is 0 Å². The maximum Gasteiger partial charge on any atom is 0.327 e. The van der Waals surface area contributed by atoms with Crippen LogP contribution in [0.5, 0.6) is 0 Å². The summed E-state index contributed by atoms with van der Waals surface area (Å²) in [4.78, 5) is 32.3. The first-order chi connectivity index (χ1) is 14.1. The standard InChI is InChI=1S/C21H23N5O2S/c1-12-4-2-6-14(10-12)26-15-7-9-23-20-16(15)17(25-21(26)28)18(29-20)19(27)24-13-5-3-8-22-11-13/h2,4,6-7,9-10,13,17-18,22H,3,5,8,11H2,1H3,(H,24,27)(H,25,28)/t13?,17?,18-/m1/s1. The number of rotatable bonds is 3. The molecule has 4 heterocycles. The van der Waals surface area contributed by atoms with Crippen LogP contribution in [0.15, 0.2) is 41.6 Å². The minimum atomic E-state index is -0.413. The van der Waals surface area contributed by atoms with E-state index in [2.05, 4.69) is 20.9 Å². The number of amides is 3. The molecule has 29 heavy (non-hydrogen) atoms. The minimum absolute atomic E-state index is 0.0399. The Bertz CT molecular complexity index is 975. The van der Waals surface area contributed by atoms with Crippen molar-refractivity contribution in [2.75, 3.05) is 18.0 Å². The van der Waals surface area contributed by atoms with E-state index >= 15 is 0 Å². The van der Waals surface area contributed by atoms with Crippen molar-refractivity contribution in [2.24, 2.45) is 0 Å². The molecule has 5 rings (SSSR count). The van der Waals surface area contributed by atoms with Crippen molar-refractivity contribution in [2.45, 2.75) is 42.1 Å². The van der Waals surface area contributed by atoms with E-state index in [1.54, 1.807) is 11.1 Å². The van der Waals surface area contributed by atoms with E-state index in [9.17, 15) is 9.59 Å². The fourth-order valence-electron chi connectivity index (χ4n) is 4.31. The number of pyridine rings is 1. The van der Waals surface area contributed by atoms with Gasteiger partial charge in [-0.25, -0.2) is 9.78 Å². The molecule has 3 N–H and O–H groups in total. The van der Waals surface area contributed by atoms with Crippen molar-refractivity contribution in [3.8, 4) is 0 Å². The first-order valence-corrected chi connectivity index (χ1v) is 10.8. The second kappa shape index (κ2) is 7.35. The Morgan fingerprint density at radius 3 is 3.03 bits per heavy atom. The average molecular weight is 410 g/mol. The molecular weight excluding hydrogens is 386 g/mol. The smallest absolute Gasteiger partial charge is 0.327 e. The highest BCUT2D eigenvalue weighted by molar-refractivity contribution is 8.01. The van der Waals surface area contributed by atoms with Crippen molar-refractivity contribution in [3.63, 3.8) is 0 Å². The highest BCUT2D eigenvalue weighted by Crippen LogP contribution is 2.50. The normalized spacial score (nSPS) is 25.3. The van der Waals surface area contributed by atoms with Crippen LogP contribution in [0.25, 0.3) is 0 Å². The number of carbonyl (C=O) groups is 2. The molecule has 1 saturated heterocycles. The lowest BCUT2D eigenvalue weighted by Crippen LogP contribution is -2.52. The zero-order valence-electron chi connectivity index (χ0n) is 16.1. The van der Waals surface area contributed by atoms with Gasteiger partial charge >= 0.3 is 6.03 Å². The number of aryl methyl sites for hydroxylation is 1. The summed E-state index contributed by atoms with van der Waals surface area (Å²) in [6.45, 7) is 3.79. The van der Waals surface area contributed by atoms with Crippen molar-refractivity contribution >= 4 is 35.1 Å². The number of anilines is 2. The molecule has 3 atom stereocenters. The monoisotopic (exact) mass is 409 g/mol. The molecule has 0 aliphatic carbocycles. The molecule has 2 aromatic rings. The second-order valence-corrected chi connectivity index (χ2v) is 8.87. The third-order valence-corrected chi connectivity index (χ3v) is 6.96. The van der Waals surface area contributed by atoms with E-state index in [-0.39, 0.29) is 24.0 Å². The number of hydrogen-bond donors (Lipinski definition) is 3. The average Bonchev–Trinajstić information content (AvgIpc) is 3.09. The van der Waals surface area contributed by atoms with Gasteiger partial charge in [0.05, 0.1) is 17.4 Å². The zero-order chi connectivity index (χ0) is 20.0. The van der Waals surface area contributed by atoms with Crippen LogP contribution >= 0.6 is 11.8 Å². The summed E-state index contributed by atoms with van der Waals surface area (Å²) in [5.41, 5.74) is 3.62. The number of hydrogen-bond acceptors (Lipinski definition) is 5. The van der Waals surface area contributed by atoms with Gasteiger partial charge < -0.3 is 16.0 Å². The maximum atomic E-state index is 13.1. The topological polar surface area (TPSA) is 86.4 Å². The minimum Gasteiger partial charge on any atom is -0.351 e. The predicted octanol–water partition coefficient (Wildman–Crippen LogP) is 2.63. The SMILES string of the molecule is Cc1cccc(N2C(=O)NC3c4c2ccnc4S[C@H]3C(=O)NC2CCCNC2)c1. The molecular formula is C21H23N5O2S. The molecule has 0 saturated carbocycles. The highest BCUT2D eigenvalue weighted by Gasteiger charge is 2.46. The fraction of sp³-hybridized carbons (Fsp3) is 0.381. The second-order valence-electron chi connectivity index (χ2n) is 7.74. The summed E-state index contributed by atoms with van der Waals surface area (Å²) in [6.07, 6.45) is 3.75. The lowest BCUT2D eigenvalue weighted by molar-refractivity contribution is -0.121. The molecule has 0 bridgehead atoms. The van der Waals surface area contributed by atoms with E-state index in [0.717, 1.165) is 53.5 Å². The molecule has 1 aromatic carbocycles. The van der Waals surface area contributed by atoms with E-state index in [0.29, 0.717) is 0 Å². The van der Waals surface area contributed by atoms with Crippen LogP contribution in [-0.2, 0) is 4.79 Å². The molecule has 0 radical (unpaired) electrons. The predicted molar refractivity (Wildman–Crippen MR) is 113 cm³/mol. The number of nitrogens with zero attached hydrogens (tertiary/aromatic N) is 2. The Morgan fingerprint density at radius 1 is 1.34 bits per heavy atom. The largest absolute Gasteiger partial charge is 0.351 e. The summed E-state index contributed by atoms with van der Waals surface area (Å²) in [6, 6.07) is 9.25. The van der Waals surface area contributed by atoms with Crippen LogP contribution in [0.4, 0.5) is 16.2 Å². The number of nitrogens with one attached hydrogen (secondary N) is 3. The quantitative estimate of drug-likeness (QED) is 0.726. The number of aromatic nitrogens is 1. The zero-order valence-corrected chi connectivity index (χ0v) is 17.0. The van der Waals surface area contributed by atoms with Gasteiger partial charge in [0.25, 0.3) is 0 Å². The van der Waals surface area contributed by atoms with Crippen LogP contribution in [0.1, 0.15) is 30.0 Å². The van der Waals surface area contributed by atoms with Crippen molar-refractivity contribution < 1.29 is 9.59 Å². The number of piperidine rings is 1. The van der Waals surface area contributed by atoms with Crippen LogP contribution in [0.3, 0.4) is 0 Å². The summed E-state index contributed by atoms with van der Waals surface area (Å²) in [5.74, 6) is -0.0399. The Morgan fingerprint density at radius 2 is 2.24 bits per heavy atom. The van der Waals surface area contributed by atoms with E-state index < -0.39 is 5.25 Å². The number of benzene rings is 1. The van der Waals surface area contributed by atoms with Gasteiger partial charge in [-0.3, -0.25) is 9.69 Å². The molecule has 7 nitrogen and oxygen atoms in total. The molecule has 3 aliphatic rings. The molecule has 150 valence electrons. The van der Waals surface area contributed by atoms with Gasteiger partial charge in [0.15, 0.2) is 0 Å². The molecule has 2 unspecified atom stereocenters. The van der Waals surface area contributed by atoms with Gasteiger partial charge in [-0.2, -0.15) is 0 Å². The Kier molecular flexibility index (Phi) is 4.67. The van der Waals surface area contributed by atoms with Gasteiger partial charge in [0.1, 0.15) is 10.3 Å². The van der Waals surface area contributed by atoms with Crippen molar-refractivity contribution in [3.05, 3.63) is 47.7 Å². The van der Waals surface area contributed by atoms with E-state index in [1.807, 2.05) is 37.3 Å². The molecule has 1 fully saturated rings. The summed E-state index contributed by atoms with van der Waals surface area (Å²) < 4.78 is 0. The van der Waals surface area contributed by atoms with Gasteiger partial charge in [-0.1, -0.05) is 23.9 Å². The summed E-state index contributed by atoms with van der Waals surface area (Å²) in [7, 11) is 0. The van der Waals surface area contributed by atoms with Crippen LogP contribution < -0.4 is 20.9 Å². The number of urea groups is 1. The molecule has 3 aliphatic heterocycles. The van der Waals surface area contributed by atoms with Gasteiger partial charge in [0, 0.05) is 24.3 Å². The maximum absolute atomic E-state index is 13.1. The lowest BCUT2D eigenvalue weighted by Gasteiger charge is -2.34. The Hall–Kier alpha value is -2.58. The fourth-order valence-corrected chi connectivity index (χ4v) is 5.54. The molecule has 0 spiro atoms. The van der Waals surface area contributed by atoms with Gasteiger partial charge in [-0.15, -0.1) is 0 Å². The number of thioether (sulfide) groups is 1. The summed E-state index contributed by atoms with van der Waals surface area (Å²) >= 11 is 1.44. The van der Waals surface area contributed by atoms with E-state index in [1.165, 1.54) is 11.8 Å². The summed E-state index contributed by atoms with van der Waals surface area (Å²) in [5, 5.41) is 9.93. The molecule has 3 amide bonds. The molecule has 8 heteroatoms. The van der Waals surface area contributed by atoms with Crippen LogP contribution in [0.2, 0.25) is 0 Å². The molecule has 1 aromatic heterocycles. The third-order valence-electron chi connectivity index (χ3n) is 5.67. The first kappa shape index (κ1) is 18.4. The van der Waals surface area contributed by atoms with E-state index in [4.69, 9.17) is 0 Å². The van der Waals surface area contributed by atoms with Crippen molar-refractivity contribution in [1.82, 2.24) is 20.9 Å². The Balaban J connectivity index is 1.46. The lowest BCUT2D eigenvalue weighted by atomic mass is 9.99. The highest BCUT2D eigenvalue weighted by atomic mass is 32.2.